The van der Waals surface area contributed by atoms with Crippen LogP contribution in [0.3, 0.4) is 0 Å². The van der Waals surface area contributed by atoms with Gasteiger partial charge in [0.1, 0.15) is 5.60 Å². The van der Waals surface area contributed by atoms with Crippen molar-refractivity contribution >= 4 is 11.7 Å². The quantitative estimate of drug-likeness (QED) is 0.798. The van der Waals surface area contributed by atoms with Crippen LogP contribution in [0.5, 0.6) is 0 Å². The fraction of sp³-hybridized carbons (Fsp3) is 0.500. The number of aromatic nitrogens is 1. The SMILES string of the molecule is CCNc1cccnc1C(=O)OC(C)(C)C. The fourth-order valence-corrected chi connectivity index (χ4v) is 1.23. The van der Waals surface area contributed by atoms with E-state index in [4.69, 9.17) is 4.74 Å². The molecule has 0 unspecified atom stereocenters. The molecule has 4 heteroatoms. The molecule has 1 rings (SSSR count). The lowest BCUT2D eigenvalue weighted by Crippen LogP contribution is -2.25. The molecule has 0 aromatic carbocycles. The minimum Gasteiger partial charge on any atom is -0.455 e. The summed E-state index contributed by atoms with van der Waals surface area (Å²) >= 11 is 0. The van der Waals surface area contributed by atoms with Gasteiger partial charge >= 0.3 is 5.97 Å². The van der Waals surface area contributed by atoms with Gasteiger partial charge in [0, 0.05) is 12.7 Å². The first-order chi connectivity index (χ1) is 7.44. The Kier molecular flexibility index (Phi) is 3.88. The van der Waals surface area contributed by atoms with Crippen molar-refractivity contribution in [1.29, 1.82) is 0 Å². The van der Waals surface area contributed by atoms with E-state index in [-0.39, 0.29) is 0 Å². The molecule has 1 aromatic heterocycles. The van der Waals surface area contributed by atoms with Crippen molar-refractivity contribution in [1.82, 2.24) is 4.98 Å². The van der Waals surface area contributed by atoms with Gasteiger partial charge in [-0.2, -0.15) is 0 Å². The van der Waals surface area contributed by atoms with E-state index in [0.29, 0.717) is 11.4 Å². The zero-order valence-corrected chi connectivity index (χ0v) is 10.2. The molecule has 0 saturated carbocycles. The van der Waals surface area contributed by atoms with Crippen LogP contribution in [0.2, 0.25) is 0 Å². The Morgan fingerprint density at radius 3 is 2.75 bits per heavy atom. The highest BCUT2D eigenvalue weighted by molar-refractivity contribution is 5.93. The van der Waals surface area contributed by atoms with Crippen LogP contribution in [0, 0.1) is 0 Å². The van der Waals surface area contributed by atoms with Gasteiger partial charge in [0.15, 0.2) is 5.69 Å². The molecule has 0 aliphatic heterocycles. The van der Waals surface area contributed by atoms with Gasteiger partial charge in [-0.1, -0.05) is 0 Å². The number of esters is 1. The third-order valence-corrected chi connectivity index (χ3v) is 1.77. The van der Waals surface area contributed by atoms with Crippen molar-refractivity contribution < 1.29 is 9.53 Å². The lowest BCUT2D eigenvalue weighted by atomic mass is 10.2. The maximum absolute atomic E-state index is 11.8. The molecule has 4 nitrogen and oxygen atoms in total. The van der Waals surface area contributed by atoms with Crippen molar-refractivity contribution in [3.8, 4) is 0 Å². The second-order valence-corrected chi connectivity index (χ2v) is 4.43. The molecule has 1 heterocycles. The number of anilines is 1. The summed E-state index contributed by atoms with van der Waals surface area (Å²) in [4.78, 5) is 15.9. The van der Waals surface area contributed by atoms with Crippen LogP contribution < -0.4 is 5.32 Å². The topological polar surface area (TPSA) is 51.2 Å². The molecule has 0 aliphatic rings. The van der Waals surface area contributed by atoms with Crippen LogP contribution in [-0.2, 0) is 4.74 Å². The summed E-state index contributed by atoms with van der Waals surface area (Å²) in [7, 11) is 0. The molecule has 0 amide bonds. The van der Waals surface area contributed by atoms with Crippen molar-refractivity contribution in [2.45, 2.75) is 33.3 Å². The molecular formula is C12H18N2O2. The molecule has 88 valence electrons. The number of carbonyl (C=O) groups excluding carboxylic acids is 1. The van der Waals surface area contributed by atoms with Crippen LogP contribution in [0.1, 0.15) is 38.2 Å². The van der Waals surface area contributed by atoms with E-state index < -0.39 is 11.6 Å². The Morgan fingerprint density at radius 1 is 1.50 bits per heavy atom. The van der Waals surface area contributed by atoms with Gasteiger partial charge < -0.3 is 10.1 Å². The number of hydrogen-bond donors (Lipinski definition) is 1. The standard InChI is InChI=1S/C12H18N2O2/c1-5-13-9-7-6-8-14-10(9)11(15)16-12(2,3)4/h6-8,13H,5H2,1-4H3. The smallest absolute Gasteiger partial charge is 0.359 e. The van der Waals surface area contributed by atoms with Crippen molar-refractivity contribution in [2.75, 3.05) is 11.9 Å². The molecule has 1 aromatic rings. The molecule has 1 N–H and O–H groups in total. The zero-order valence-electron chi connectivity index (χ0n) is 10.2. The third-order valence-electron chi connectivity index (χ3n) is 1.77. The number of nitrogens with one attached hydrogen (secondary N) is 1. The fourth-order valence-electron chi connectivity index (χ4n) is 1.23. The van der Waals surface area contributed by atoms with E-state index in [2.05, 4.69) is 10.3 Å². The lowest BCUT2D eigenvalue weighted by molar-refractivity contribution is 0.00641. The molecular weight excluding hydrogens is 204 g/mol. The normalized spacial score (nSPS) is 11.0. The van der Waals surface area contributed by atoms with E-state index in [9.17, 15) is 4.79 Å². The van der Waals surface area contributed by atoms with Crippen LogP contribution in [-0.4, -0.2) is 23.1 Å². The Bertz CT molecular complexity index is 370. The van der Waals surface area contributed by atoms with E-state index in [1.165, 1.54) is 0 Å². The molecule has 0 atom stereocenters. The number of nitrogens with zero attached hydrogens (tertiary/aromatic N) is 1. The molecule has 16 heavy (non-hydrogen) atoms. The molecule has 0 spiro atoms. The van der Waals surface area contributed by atoms with Crippen molar-refractivity contribution in [2.24, 2.45) is 0 Å². The largest absolute Gasteiger partial charge is 0.455 e. The number of carbonyl (C=O) groups is 1. The molecule has 0 bridgehead atoms. The predicted molar refractivity (Wildman–Crippen MR) is 63.6 cm³/mol. The summed E-state index contributed by atoms with van der Waals surface area (Å²) in [6.45, 7) is 8.20. The van der Waals surface area contributed by atoms with Gasteiger partial charge in [-0.3, -0.25) is 0 Å². The van der Waals surface area contributed by atoms with E-state index in [1.54, 1.807) is 12.3 Å². The maximum Gasteiger partial charge on any atom is 0.359 e. The van der Waals surface area contributed by atoms with E-state index in [0.717, 1.165) is 6.54 Å². The van der Waals surface area contributed by atoms with Crippen LogP contribution in [0.15, 0.2) is 18.3 Å². The minimum atomic E-state index is -0.502. The van der Waals surface area contributed by atoms with Gasteiger partial charge in [-0.25, -0.2) is 9.78 Å². The van der Waals surface area contributed by atoms with Gasteiger partial charge in [-0.05, 0) is 39.8 Å². The number of ether oxygens (including phenoxy) is 1. The van der Waals surface area contributed by atoms with Gasteiger partial charge in [-0.15, -0.1) is 0 Å². The molecule has 0 fully saturated rings. The molecule has 0 saturated heterocycles. The van der Waals surface area contributed by atoms with E-state index in [1.807, 2.05) is 33.8 Å². The Morgan fingerprint density at radius 2 is 2.19 bits per heavy atom. The average Bonchev–Trinajstić information content (AvgIpc) is 2.16. The highest BCUT2D eigenvalue weighted by Crippen LogP contribution is 2.16. The second-order valence-electron chi connectivity index (χ2n) is 4.43. The highest BCUT2D eigenvalue weighted by atomic mass is 16.6. The predicted octanol–water partition coefficient (Wildman–Crippen LogP) is 2.47. The minimum absolute atomic E-state index is 0.333. The number of hydrogen-bond acceptors (Lipinski definition) is 4. The lowest BCUT2D eigenvalue weighted by Gasteiger charge is -2.20. The number of rotatable bonds is 3. The van der Waals surface area contributed by atoms with Crippen LogP contribution in [0.4, 0.5) is 5.69 Å². The zero-order chi connectivity index (χ0) is 12.2. The maximum atomic E-state index is 11.8. The highest BCUT2D eigenvalue weighted by Gasteiger charge is 2.21. The Labute approximate surface area is 96.0 Å². The third kappa shape index (κ3) is 3.53. The van der Waals surface area contributed by atoms with Crippen LogP contribution in [0.25, 0.3) is 0 Å². The van der Waals surface area contributed by atoms with Gasteiger partial charge in [0.05, 0.1) is 5.69 Å². The first-order valence-electron chi connectivity index (χ1n) is 5.36. The summed E-state index contributed by atoms with van der Waals surface area (Å²) in [6.07, 6.45) is 1.58. The summed E-state index contributed by atoms with van der Waals surface area (Å²) in [5.74, 6) is -0.399. The average molecular weight is 222 g/mol. The summed E-state index contributed by atoms with van der Waals surface area (Å²) in [5, 5.41) is 3.08. The molecule has 0 radical (unpaired) electrons. The van der Waals surface area contributed by atoms with Crippen LogP contribution >= 0.6 is 0 Å². The first-order valence-corrected chi connectivity index (χ1v) is 5.36. The Hall–Kier alpha value is -1.58. The summed E-state index contributed by atoms with van der Waals surface area (Å²) < 4.78 is 5.27. The summed E-state index contributed by atoms with van der Waals surface area (Å²) in [6, 6.07) is 3.60. The van der Waals surface area contributed by atoms with Gasteiger partial charge in [0.25, 0.3) is 0 Å². The summed E-state index contributed by atoms with van der Waals surface area (Å²) in [5.41, 5.74) is 0.538. The Balaban J connectivity index is 2.90. The van der Waals surface area contributed by atoms with Crippen molar-refractivity contribution in [3.05, 3.63) is 24.0 Å². The monoisotopic (exact) mass is 222 g/mol. The second kappa shape index (κ2) is 4.96. The first kappa shape index (κ1) is 12.5. The molecule has 0 aliphatic carbocycles. The van der Waals surface area contributed by atoms with Crippen molar-refractivity contribution in [3.63, 3.8) is 0 Å². The van der Waals surface area contributed by atoms with Gasteiger partial charge in [0.2, 0.25) is 0 Å². The van der Waals surface area contributed by atoms with E-state index >= 15 is 0 Å². The number of pyridine rings is 1.